The number of halogens is 1. The summed E-state index contributed by atoms with van der Waals surface area (Å²) in [6, 6.07) is 8.52. The van der Waals surface area contributed by atoms with Crippen molar-refractivity contribution < 1.29 is 29.3 Å². The number of carboxylic acids is 1. The SMILES string of the molecule is CCOc1cc(C=C2C(=O)NC(=S)N(c3cccc(C(=O)O)c3)C2=O)c(Br)cc1O. The molecule has 1 saturated heterocycles. The van der Waals surface area contributed by atoms with Crippen LogP contribution in [0.3, 0.4) is 0 Å². The lowest BCUT2D eigenvalue weighted by atomic mass is 10.1. The molecule has 2 aromatic carbocycles. The monoisotopic (exact) mass is 490 g/mol. The van der Waals surface area contributed by atoms with Crippen LogP contribution in [-0.4, -0.2) is 39.7 Å². The number of amides is 2. The van der Waals surface area contributed by atoms with Gasteiger partial charge < -0.3 is 14.9 Å². The Hall–Kier alpha value is -3.24. The van der Waals surface area contributed by atoms with Crippen molar-refractivity contribution in [2.24, 2.45) is 0 Å². The van der Waals surface area contributed by atoms with Crippen LogP contribution in [0, 0.1) is 0 Å². The maximum atomic E-state index is 13.1. The molecule has 0 atom stereocenters. The molecule has 1 aliphatic rings. The first kappa shape index (κ1) is 21.5. The molecule has 1 aliphatic heterocycles. The van der Waals surface area contributed by atoms with E-state index in [1.165, 1.54) is 42.5 Å². The van der Waals surface area contributed by atoms with Gasteiger partial charge in [-0.05, 0) is 61.1 Å². The molecule has 0 bridgehead atoms. The summed E-state index contributed by atoms with van der Waals surface area (Å²) in [4.78, 5) is 37.8. The molecule has 3 rings (SSSR count). The summed E-state index contributed by atoms with van der Waals surface area (Å²) in [7, 11) is 0. The fourth-order valence-electron chi connectivity index (χ4n) is 2.77. The average Bonchev–Trinajstić information content (AvgIpc) is 2.68. The standard InChI is InChI=1S/C20H15BrN2O6S/c1-2-29-16-8-11(14(21)9-15(16)24)7-13-17(25)22-20(30)23(18(13)26)12-5-3-4-10(6-12)19(27)28/h3-9,24H,2H2,1H3,(H,27,28)(H,22,25,30). The van der Waals surface area contributed by atoms with Gasteiger partial charge >= 0.3 is 5.97 Å². The minimum atomic E-state index is -1.16. The van der Waals surface area contributed by atoms with Gasteiger partial charge in [0.25, 0.3) is 11.8 Å². The minimum Gasteiger partial charge on any atom is -0.504 e. The molecule has 10 heteroatoms. The van der Waals surface area contributed by atoms with Crippen LogP contribution in [0.2, 0.25) is 0 Å². The highest BCUT2D eigenvalue weighted by molar-refractivity contribution is 9.10. The van der Waals surface area contributed by atoms with Crippen molar-refractivity contribution in [2.75, 3.05) is 11.5 Å². The van der Waals surface area contributed by atoms with Gasteiger partial charge in [-0.3, -0.25) is 19.8 Å². The van der Waals surface area contributed by atoms with Crippen molar-refractivity contribution in [3.8, 4) is 11.5 Å². The Kier molecular flexibility index (Phi) is 6.18. The molecule has 0 unspecified atom stereocenters. The molecule has 1 heterocycles. The van der Waals surface area contributed by atoms with Gasteiger partial charge in [-0.15, -0.1) is 0 Å². The third-order valence-electron chi connectivity index (χ3n) is 4.13. The zero-order chi connectivity index (χ0) is 22.0. The van der Waals surface area contributed by atoms with Crippen molar-refractivity contribution in [2.45, 2.75) is 6.92 Å². The van der Waals surface area contributed by atoms with E-state index in [-0.39, 0.29) is 33.4 Å². The molecule has 0 aliphatic carbocycles. The molecule has 8 nitrogen and oxygen atoms in total. The average molecular weight is 491 g/mol. The van der Waals surface area contributed by atoms with Gasteiger partial charge in [0.2, 0.25) is 0 Å². The number of aromatic carboxylic acids is 1. The molecule has 0 saturated carbocycles. The van der Waals surface area contributed by atoms with Crippen LogP contribution in [-0.2, 0) is 9.59 Å². The first-order valence-electron chi connectivity index (χ1n) is 8.63. The number of ether oxygens (including phenoxy) is 1. The van der Waals surface area contributed by atoms with Crippen LogP contribution < -0.4 is 15.0 Å². The minimum absolute atomic E-state index is 0.0341. The van der Waals surface area contributed by atoms with E-state index in [0.717, 1.165) is 4.90 Å². The number of phenols is 1. The van der Waals surface area contributed by atoms with Crippen LogP contribution in [0.25, 0.3) is 6.08 Å². The highest BCUT2D eigenvalue weighted by Gasteiger charge is 2.35. The zero-order valence-electron chi connectivity index (χ0n) is 15.5. The highest BCUT2D eigenvalue weighted by Crippen LogP contribution is 2.34. The number of carbonyl (C=O) groups is 3. The van der Waals surface area contributed by atoms with E-state index in [0.29, 0.717) is 16.6 Å². The van der Waals surface area contributed by atoms with E-state index in [2.05, 4.69) is 21.2 Å². The van der Waals surface area contributed by atoms with Crippen LogP contribution in [0.4, 0.5) is 5.69 Å². The number of nitrogens with zero attached hydrogens (tertiary/aromatic N) is 1. The second-order valence-corrected chi connectivity index (χ2v) is 7.33. The topological polar surface area (TPSA) is 116 Å². The third kappa shape index (κ3) is 4.19. The number of carbonyl (C=O) groups excluding carboxylic acids is 2. The van der Waals surface area contributed by atoms with E-state index in [9.17, 15) is 24.6 Å². The van der Waals surface area contributed by atoms with Crippen molar-refractivity contribution in [1.82, 2.24) is 5.32 Å². The van der Waals surface area contributed by atoms with E-state index in [4.69, 9.17) is 17.0 Å². The number of carboxylic acid groups (broad SMARTS) is 1. The maximum absolute atomic E-state index is 13.1. The Morgan fingerprint density at radius 3 is 2.70 bits per heavy atom. The molecule has 0 aromatic heterocycles. The quantitative estimate of drug-likeness (QED) is 0.335. The lowest BCUT2D eigenvalue weighted by Crippen LogP contribution is -2.54. The number of hydrogen-bond donors (Lipinski definition) is 3. The largest absolute Gasteiger partial charge is 0.504 e. The number of aromatic hydroxyl groups is 1. The van der Waals surface area contributed by atoms with Gasteiger partial charge in [0.05, 0.1) is 17.9 Å². The lowest BCUT2D eigenvalue weighted by molar-refractivity contribution is -0.122. The van der Waals surface area contributed by atoms with Crippen LogP contribution in [0.15, 0.2) is 46.4 Å². The number of rotatable bonds is 5. The summed E-state index contributed by atoms with van der Waals surface area (Å²) < 4.78 is 5.78. The third-order valence-corrected chi connectivity index (χ3v) is 5.10. The number of benzene rings is 2. The normalized spacial score (nSPS) is 15.3. The summed E-state index contributed by atoms with van der Waals surface area (Å²) in [5.41, 5.74) is 0.365. The van der Waals surface area contributed by atoms with Crippen LogP contribution in [0.5, 0.6) is 11.5 Å². The second-order valence-electron chi connectivity index (χ2n) is 6.09. The van der Waals surface area contributed by atoms with E-state index in [1.54, 1.807) is 6.92 Å². The van der Waals surface area contributed by atoms with Crippen LogP contribution >= 0.6 is 28.1 Å². The van der Waals surface area contributed by atoms with E-state index < -0.39 is 17.8 Å². The first-order valence-corrected chi connectivity index (χ1v) is 9.83. The highest BCUT2D eigenvalue weighted by atomic mass is 79.9. The van der Waals surface area contributed by atoms with Gasteiger partial charge in [-0.2, -0.15) is 0 Å². The smallest absolute Gasteiger partial charge is 0.335 e. The number of anilines is 1. The first-order chi connectivity index (χ1) is 14.2. The summed E-state index contributed by atoms with van der Waals surface area (Å²) in [6.07, 6.45) is 1.33. The van der Waals surface area contributed by atoms with Crippen molar-refractivity contribution in [1.29, 1.82) is 0 Å². The maximum Gasteiger partial charge on any atom is 0.335 e. The Morgan fingerprint density at radius 1 is 1.30 bits per heavy atom. The summed E-state index contributed by atoms with van der Waals surface area (Å²) in [5, 5.41) is 21.4. The van der Waals surface area contributed by atoms with Crippen LogP contribution in [0.1, 0.15) is 22.8 Å². The number of phenolic OH excluding ortho intramolecular Hbond substituents is 1. The lowest BCUT2D eigenvalue weighted by Gasteiger charge is -2.29. The molecular formula is C20H15BrN2O6S. The summed E-state index contributed by atoms with van der Waals surface area (Å²) in [5.74, 6) is -2.49. The molecule has 154 valence electrons. The van der Waals surface area contributed by atoms with E-state index in [1.807, 2.05) is 0 Å². The predicted octanol–water partition coefficient (Wildman–Crippen LogP) is 3.08. The summed E-state index contributed by atoms with van der Waals surface area (Å²) >= 11 is 8.41. The zero-order valence-corrected chi connectivity index (χ0v) is 17.9. The fraction of sp³-hybridized carbons (Fsp3) is 0.100. The molecule has 30 heavy (non-hydrogen) atoms. The molecule has 3 N–H and O–H groups in total. The molecule has 0 spiro atoms. The molecule has 1 fully saturated rings. The van der Waals surface area contributed by atoms with Gasteiger partial charge in [0.1, 0.15) is 5.57 Å². The Morgan fingerprint density at radius 2 is 2.03 bits per heavy atom. The summed E-state index contributed by atoms with van der Waals surface area (Å²) in [6.45, 7) is 2.06. The fourth-order valence-corrected chi connectivity index (χ4v) is 3.49. The van der Waals surface area contributed by atoms with Gasteiger partial charge in [-0.1, -0.05) is 22.0 Å². The van der Waals surface area contributed by atoms with Crippen molar-refractivity contribution in [3.63, 3.8) is 0 Å². The Balaban J connectivity index is 2.06. The number of thiocarbonyl (C=S) groups is 1. The second kappa shape index (κ2) is 8.64. The molecule has 0 radical (unpaired) electrons. The predicted molar refractivity (Wildman–Crippen MR) is 117 cm³/mol. The van der Waals surface area contributed by atoms with Crippen molar-refractivity contribution in [3.05, 3.63) is 57.6 Å². The Labute approximate surface area is 184 Å². The molecule has 2 aromatic rings. The Bertz CT molecular complexity index is 1110. The number of nitrogens with one attached hydrogen (secondary N) is 1. The van der Waals surface area contributed by atoms with Gasteiger partial charge in [0, 0.05) is 4.47 Å². The number of hydrogen-bond acceptors (Lipinski definition) is 6. The van der Waals surface area contributed by atoms with Gasteiger partial charge in [0.15, 0.2) is 16.6 Å². The van der Waals surface area contributed by atoms with E-state index >= 15 is 0 Å². The molecule has 2 amide bonds. The van der Waals surface area contributed by atoms with Gasteiger partial charge in [-0.25, -0.2) is 4.79 Å². The molecular weight excluding hydrogens is 476 g/mol. The van der Waals surface area contributed by atoms with Crippen molar-refractivity contribution >= 4 is 62.8 Å².